The minimum absolute atomic E-state index is 0.0861. The number of halogens is 1. The van der Waals surface area contributed by atoms with Crippen molar-refractivity contribution in [2.45, 2.75) is 19.4 Å². The lowest BCUT2D eigenvalue weighted by atomic mass is 9.98. The van der Waals surface area contributed by atoms with Crippen molar-refractivity contribution in [3.63, 3.8) is 0 Å². The topological polar surface area (TPSA) is 70.9 Å². The van der Waals surface area contributed by atoms with Crippen molar-refractivity contribution in [2.24, 2.45) is 5.73 Å². The summed E-state index contributed by atoms with van der Waals surface area (Å²) in [6, 6.07) is 18.1. The smallest absolute Gasteiger partial charge is 0.231 e. The summed E-state index contributed by atoms with van der Waals surface area (Å²) in [6.07, 6.45) is 0. The summed E-state index contributed by atoms with van der Waals surface area (Å²) in [5, 5.41) is 4.91. The van der Waals surface area contributed by atoms with Gasteiger partial charge in [-0.1, -0.05) is 24.3 Å². The summed E-state index contributed by atoms with van der Waals surface area (Å²) in [5.74, 6) is -0.689. The Morgan fingerprint density at radius 1 is 1.04 bits per heavy atom. The number of nitrogens with two attached hydrogens (primary N) is 1. The van der Waals surface area contributed by atoms with E-state index in [1.54, 1.807) is 6.07 Å². The van der Waals surface area contributed by atoms with E-state index in [9.17, 15) is 9.18 Å². The average Bonchev–Trinajstić information content (AvgIpc) is 3.04. The molecule has 0 radical (unpaired) electrons. The number of H-pyrrole nitrogens is 1. The highest BCUT2D eigenvalue weighted by Gasteiger charge is 2.17. The van der Waals surface area contributed by atoms with Crippen LogP contribution in [0.15, 0.2) is 60.7 Å². The molecule has 4 nitrogen and oxygen atoms in total. The number of benzene rings is 3. The molecule has 0 bridgehead atoms. The molecule has 1 heterocycles. The highest BCUT2D eigenvalue weighted by atomic mass is 19.1. The quantitative estimate of drug-likeness (QED) is 0.495. The molecule has 4 aromatic rings. The van der Waals surface area contributed by atoms with E-state index in [0.29, 0.717) is 6.54 Å². The molecule has 3 aromatic carbocycles. The van der Waals surface area contributed by atoms with Crippen molar-refractivity contribution in [1.29, 1.82) is 0 Å². The van der Waals surface area contributed by atoms with Crippen LogP contribution in [-0.4, -0.2) is 10.9 Å². The fourth-order valence-corrected chi connectivity index (χ4v) is 3.30. The van der Waals surface area contributed by atoms with Gasteiger partial charge in [-0.15, -0.1) is 0 Å². The third kappa shape index (κ3) is 3.29. The van der Waals surface area contributed by atoms with Crippen LogP contribution < -0.4 is 11.1 Å². The number of carbonyl (C=O) groups is 1. The maximum absolute atomic E-state index is 13.5. The number of fused-ring (bicyclic) bond motifs is 3. The van der Waals surface area contributed by atoms with Gasteiger partial charge in [0.15, 0.2) is 0 Å². The molecule has 1 unspecified atom stereocenters. The Labute approximate surface area is 156 Å². The number of nitrogens with one attached hydrogen (secondary N) is 2. The average molecular weight is 361 g/mol. The van der Waals surface area contributed by atoms with Crippen LogP contribution >= 0.6 is 0 Å². The standard InChI is InChI=1S/C22H20FN3O/c1-13(22(27)25-17-6-2-14(12-24)3-7-17)15-4-8-18-19-9-5-16(23)11-21(19)26-20(18)10-15/h2-11,13,26H,12,24H2,1H3,(H,25,27). The van der Waals surface area contributed by atoms with Crippen molar-refractivity contribution in [3.05, 3.63) is 77.6 Å². The Bertz CT molecular complexity index is 1130. The third-order valence-electron chi connectivity index (χ3n) is 4.94. The van der Waals surface area contributed by atoms with Crippen molar-refractivity contribution in [2.75, 3.05) is 5.32 Å². The maximum atomic E-state index is 13.5. The molecule has 4 rings (SSSR count). The van der Waals surface area contributed by atoms with Gasteiger partial charge in [0.05, 0.1) is 5.92 Å². The van der Waals surface area contributed by atoms with Crippen LogP contribution in [0, 0.1) is 5.82 Å². The minimum atomic E-state index is -0.327. The van der Waals surface area contributed by atoms with Gasteiger partial charge in [-0.05, 0) is 54.4 Å². The second-order valence-electron chi connectivity index (χ2n) is 6.73. The first-order valence-electron chi connectivity index (χ1n) is 8.86. The van der Waals surface area contributed by atoms with Gasteiger partial charge in [-0.2, -0.15) is 0 Å². The first-order chi connectivity index (χ1) is 13.0. The molecule has 136 valence electrons. The molecule has 27 heavy (non-hydrogen) atoms. The number of carbonyl (C=O) groups excluding carboxylic acids is 1. The van der Waals surface area contributed by atoms with Gasteiger partial charge < -0.3 is 16.0 Å². The van der Waals surface area contributed by atoms with E-state index in [1.807, 2.05) is 49.4 Å². The minimum Gasteiger partial charge on any atom is -0.354 e. The van der Waals surface area contributed by atoms with E-state index in [-0.39, 0.29) is 17.6 Å². The molecule has 0 fully saturated rings. The molecule has 0 aliphatic carbocycles. The van der Waals surface area contributed by atoms with Crippen molar-refractivity contribution in [1.82, 2.24) is 4.98 Å². The number of anilines is 1. The molecular weight excluding hydrogens is 341 g/mol. The highest BCUT2D eigenvalue weighted by molar-refractivity contribution is 6.07. The van der Waals surface area contributed by atoms with Gasteiger partial charge >= 0.3 is 0 Å². The monoisotopic (exact) mass is 361 g/mol. The van der Waals surface area contributed by atoms with Gasteiger partial charge in [-0.25, -0.2) is 4.39 Å². The van der Waals surface area contributed by atoms with Crippen molar-refractivity contribution < 1.29 is 9.18 Å². The predicted octanol–water partition coefficient (Wildman–Crippen LogP) is 4.66. The number of aromatic amines is 1. The van der Waals surface area contributed by atoms with Crippen LogP contribution in [0.2, 0.25) is 0 Å². The van der Waals surface area contributed by atoms with E-state index < -0.39 is 0 Å². The van der Waals surface area contributed by atoms with E-state index >= 15 is 0 Å². The van der Waals surface area contributed by atoms with Gasteiger partial charge in [0.2, 0.25) is 5.91 Å². The fraction of sp³-hybridized carbons (Fsp3) is 0.136. The summed E-state index contributed by atoms with van der Waals surface area (Å²) in [6.45, 7) is 2.34. The van der Waals surface area contributed by atoms with Gasteiger partial charge in [0, 0.05) is 34.0 Å². The van der Waals surface area contributed by atoms with E-state index in [2.05, 4.69) is 10.3 Å². The Morgan fingerprint density at radius 3 is 2.41 bits per heavy atom. The Hall–Kier alpha value is -3.18. The summed E-state index contributed by atoms with van der Waals surface area (Å²) >= 11 is 0. The normalized spacial score (nSPS) is 12.4. The molecule has 0 saturated heterocycles. The van der Waals surface area contributed by atoms with Crippen LogP contribution in [0.25, 0.3) is 21.8 Å². The number of hydrogen-bond acceptors (Lipinski definition) is 2. The van der Waals surface area contributed by atoms with Crippen molar-refractivity contribution >= 4 is 33.4 Å². The van der Waals surface area contributed by atoms with Crippen molar-refractivity contribution in [3.8, 4) is 0 Å². The third-order valence-corrected chi connectivity index (χ3v) is 4.94. The lowest BCUT2D eigenvalue weighted by Crippen LogP contribution is -2.18. The second-order valence-corrected chi connectivity index (χ2v) is 6.73. The van der Waals surface area contributed by atoms with E-state index in [0.717, 1.165) is 38.6 Å². The van der Waals surface area contributed by atoms with Gasteiger partial charge in [0.1, 0.15) is 5.82 Å². The Balaban J connectivity index is 1.60. The molecule has 1 amide bonds. The number of amides is 1. The SMILES string of the molecule is CC(C(=O)Nc1ccc(CN)cc1)c1ccc2c(c1)[nH]c1cc(F)ccc12. The molecule has 5 heteroatoms. The van der Waals surface area contributed by atoms with E-state index in [4.69, 9.17) is 5.73 Å². The molecule has 0 saturated carbocycles. The molecule has 1 aromatic heterocycles. The molecule has 0 aliphatic rings. The summed E-state index contributed by atoms with van der Waals surface area (Å²) < 4.78 is 13.5. The zero-order valence-electron chi connectivity index (χ0n) is 14.9. The lowest BCUT2D eigenvalue weighted by Gasteiger charge is -2.13. The van der Waals surface area contributed by atoms with Gasteiger partial charge in [0.25, 0.3) is 0 Å². The summed E-state index contributed by atoms with van der Waals surface area (Å²) in [5.41, 5.74) is 9.89. The first-order valence-corrected chi connectivity index (χ1v) is 8.86. The van der Waals surface area contributed by atoms with Crippen LogP contribution in [0.3, 0.4) is 0 Å². The summed E-state index contributed by atoms with van der Waals surface area (Å²) in [4.78, 5) is 15.9. The zero-order valence-corrected chi connectivity index (χ0v) is 14.9. The highest BCUT2D eigenvalue weighted by Crippen LogP contribution is 2.29. The number of aromatic nitrogens is 1. The van der Waals surface area contributed by atoms with E-state index in [1.165, 1.54) is 12.1 Å². The van der Waals surface area contributed by atoms with Crippen LogP contribution in [0.5, 0.6) is 0 Å². The van der Waals surface area contributed by atoms with Crippen LogP contribution in [0.1, 0.15) is 24.0 Å². The second kappa shape index (κ2) is 6.85. The van der Waals surface area contributed by atoms with Crippen LogP contribution in [-0.2, 0) is 11.3 Å². The fourth-order valence-electron chi connectivity index (χ4n) is 3.30. The molecule has 0 aliphatic heterocycles. The molecule has 0 spiro atoms. The molecule has 4 N–H and O–H groups in total. The van der Waals surface area contributed by atoms with Crippen LogP contribution in [0.4, 0.5) is 10.1 Å². The largest absolute Gasteiger partial charge is 0.354 e. The summed E-state index contributed by atoms with van der Waals surface area (Å²) in [7, 11) is 0. The lowest BCUT2D eigenvalue weighted by molar-refractivity contribution is -0.117. The molecule has 1 atom stereocenters. The Kier molecular flexibility index (Phi) is 4.38. The maximum Gasteiger partial charge on any atom is 0.231 e. The number of rotatable bonds is 4. The first kappa shape index (κ1) is 17.2. The number of hydrogen-bond donors (Lipinski definition) is 3. The molecular formula is C22H20FN3O. The zero-order chi connectivity index (χ0) is 19.0. The van der Waals surface area contributed by atoms with Gasteiger partial charge in [-0.3, -0.25) is 4.79 Å². The Morgan fingerprint density at radius 2 is 1.70 bits per heavy atom. The predicted molar refractivity (Wildman–Crippen MR) is 107 cm³/mol.